The summed E-state index contributed by atoms with van der Waals surface area (Å²) >= 11 is 0. The van der Waals surface area contributed by atoms with Crippen LogP contribution in [0, 0.1) is 21.7 Å². The van der Waals surface area contributed by atoms with Gasteiger partial charge >= 0.3 is 0 Å². The summed E-state index contributed by atoms with van der Waals surface area (Å²) in [5.74, 6) is 0. The van der Waals surface area contributed by atoms with Gasteiger partial charge in [-0.3, -0.25) is 0 Å². The van der Waals surface area contributed by atoms with E-state index >= 15 is 0 Å². The molecule has 0 aromatic rings. The fourth-order valence-electron chi connectivity index (χ4n) is 4.62. The zero-order valence-corrected chi connectivity index (χ0v) is 14.2. The second-order valence-electron chi connectivity index (χ2n) is 9.07. The summed E-state index contributed by atoms with van der Waals surface area (Å²) < 4.78 is 0. The summed E-state index contributed by atoms with van der Waals surface area (Å²) in [4.78, 5) is 0. The lowest BCUT2D eigenvalue weighted by Crippen LogP contribution is -2.47. The predicted molar refractivity (Wildman–Crippen MR) is 82.8 cm³/mol. The fraction of sp³-hybridized carbons (Fsp3) is 1.00. The summed E-state index contributed by atoms with van der Waals surface area (Å²) in [5.41, 5.74) is 2.15. The largest absolute Gasteiger partial charge is 0.0654 e. The molecule has 18 heavy (non-hydrogen) atoms. The Morgan fingerprint density at radius 1 is 0.889 bits per heavy atom. The van der Waals surface area contributed by atoms with Crippen LogP contribution in [0.5, 0.6) is 0 Å². The van der Waals surface area contributed by atoms with E-state index in [9.17, 15) is 0 Å². The third kappa shape index (κ3) is 3.11. The molecule has 108 valence electrons. The molecule has 1 saturated carbocycles. The molecule has 1 aliphatic rings. The Kier molecular flexibility index (Phi) is 4.31. The standard InChI is InChI=1S/C18H36/c1-9-11-16(5,6)17(7,8)14-18(10-2)12-15(3,4)13-18/h9-14H2,1-8H3. The Labute approximate surface area is 116 Å². The van der Waals surface area contributed by atoms with Crippen molar-refractivity contribution in [1.82, 2.24) is 0 Å². The minimum atomic E-state index is 0.454. The summed E-state index contributed by atoms with van der Waals surface area (Å²) in [6.07, 6.45) is 8.30. The zero-order valence-electron chi connectivity index (χ0n) is 14.2. The number of hydrogen-bond donors (Lipinski definition) is 0. The van der Waals surface area contributed by atoms with Crippen LogP contribution in [0.25, 0.3) is 0 Å². The molecule has 1 rings (SSSR count). The highest BCUT2D eigenvalue weighted by Gasteiger charge is 2.52. The van der Waals surface area contributed by atoms with E-state index in [1.54, 1.807) is 0 Å². The lowest BCUT2D eigenvalue weighted by atomic mass is 9.47. The number of hydrogen-bond acceptors (Lipinski definition) is 0. The average molecular weight is 252 g/mol. The van der Waals surface area contributed by atoms with Crippen LogP contribution in [0.15, 0.2) is 0 Å². The van der Waals surface area contributed by atoms with E-state index in [1.165, 1.54) is 38.5 Å². The summed E-state index contributed by atoms with van der Waals surface area (Å²) in [6.45, 7) is 19.6. The molecule has 0 saturated heterocycles. The van der Waals surface area contributed by atoms with Crippen molar-refractivity contribution in [3.8, 4) is 0 Å². The fourth-order valence-corrected chi connectivity index (χ4v) is 4.62. The summed E-state index contributed by atoms with van der Waals surface area (Å²) in [7, 11) is 0. The average Bonchev–Trinajstić information content (AvgIpc) is 2.13. The molecule has 0 nitrogen and oxygen atoms in total. The van der Waals surface area contributed by atoms with E-state index in [4.69, 9.17) is 0 Å². The van der Waals surface area contributed by atoms with Crippen LogP contribution in [-0.4, -0.2) is 0 Å². The summed E-state index contributed by atoms with van der Waals surface area (Å²) in [6, 6.07) is 0. The van der Waals surface area contributed by atoms with Gasteiger partial charge in [0.05, 0.1) is 0 Å². The van der Waals surface area contributed by atoms with Crippen molar-refractivity contribution in [2.45, 2.75) is 93.9 Å². The lowest BCUT2D eigenvalue weighted by molar-refractivity contribution is -0.0764. The predicted octanol–water partition coefficient (Wildman–Crippen LogP) is 6.45. The van der Waals surface area contributed by atoms with E-state index in [-0.39, 0.29) is 0 Å². The van der Waals surface area contributed by atoms with Crippen molar-refractivity contribution in [1.29, 1.82) is 0 Å². The van der Waals surface area contributed by atoms with E-state index in [0.717, 1.165) is 0 Å². The molecule has 0 heterocycles. The van der Waals surface area contributed by atoms with Gasteiger partial charge in [0.25, 0.3) is 0 Å². The molecular formula is C18H36. The van der Waals surface area contributed by atoms with Crippen LogP contribution in [0.2, 0.25) is 0 Å². The van der Waals surface area contributed by atoms with Crippen LogP contribution < -0.4 is 0 Å². The molecule has 0 unspecified atom stereocenters. The van der Waals surface area contributed by atoms with Crippen LogP contribution in [0.3, 0.4) is 0 Å². The molecule has 1 aliphatic carbocycles. The van der Waals surface area contributed by atoms with Crippen molar-refractivity contribution in [2.24, 2.45) is 21.7 Å². The molecule has 0 amide bonds. The molecule has 1 fully saturated rings. The first kappa shape index (κ1) is 16.1. The Morgan fingerprint density at radius 3 is 1.72 bits per heavy atom. The molecular weight excluding hydrogens is 216 g/mol. The van der Waals surface area contributed by atoms with Gasteiger partial charge < -0.3 is 0 Å². The van der Waals surface area contributed by atoms with E-state index in [0.29, 0.717) is 21.7 Å². The van der Waals surface area contributed by atoms with Gasteiger partial charge in [-0.1, -0.05) is 68.2 Å². The Bertz CT molecular complexity index is 272. The SMILES string of the molecule is CCCC(C)(C)C(C)(C)CC1(CC)CC(C)(C)C1. The molecule has 0 bridgehead atoms. The molecule has 0 aliphatic heterocycles. The maximum Gasteiger partial charge on any atom is -0.0285 e. The van der Waals surface area contributed by atoms with Gasteiger partial charge in [0, 0.05) is 0 Å². The highest BCUT2D eigenvalue weighted by molar-refractivity contribution is 5.02. The van der Waals surface area contributed by atoms with Gasteiger partial charge in [0.2, 0.25) is 0 Å². The second-order valence-corrected chi connectivity index (χ2v) is 9.07. The van der Waals surface area contributed by atoms with E-state index < -0.39 is 0 Å². The highest BCUT2D eigenvalue weighted by Crippen LogP contribution is 2.62. The maximum absolute atomic E-state index is 2.51. The van der Waals surface area contributed by atoms with Gasteiger partial charge in [-0.15, -0.1) is 0 Å². The van der Waals surface area contributed by atoms with Gasteiger partial charge in [0.1, 0.15) is 0 Å². The van der Waals surface area contributed by atoms with Gasteiger partial charge in [-0.05, 0) is 47.3 Å². The highest BCUT2D eigenvalue weighted by atomic mass is 14.6. The first-order chi connectivity index (χ1) is 7.99. The van der Waals surface area contributed by atoms with Gasteiger partial charge in [-0.2, -0.15) is 0 Å². The Morgan fingerprint density at radius 2 is 1.39 bits per heavy atom. The first-order valence-electron chi connectivity index (χ1n) is 7.99. The van der Waals surface area contributed by atoms with Crippen molar-refractivity contribution >= 4 is 0 Å². The van der Waals surface area contributed by atoms with Gasteiger partial charge in [0.15, 0.2) is 0 Å². The minimum absolute atomic E-state index is 0.454. The lowest BCUT2D eigenvalue weighted by Gasteiger charge is -2.58. The molecule has 0 radical (unpaired) electrons. The van der Waals surface area contributed by atoms with Crippen molar-refractivity contribution in [2.75, 3.05) is 0 Å². The molecule has 0 aromatic carbocycles. The molecule has 0 aromatic heterocycles. The number of rotatable bonds is 6. The summed E-state index contributed by atoms with van der Waals surface area (Å²) in [5, 5.41) is 0. The van der Waals surface area contributed by atoms with Crippen LogP contribution in [0.4, 0.5) is 0 Å². The molecule has 0 heteroatoms. The minimum Gasteiger partial charge on any atom is -0.0654 e. The zero-order chi connectivity index (χ0) is 14.2. The second kappa shape index (κ2) is 4.84. The van der Waals surface area contributed by atoms with Crippen LogP contribution in [-0.2, 0) is 0 Å². The third-order valence-corrected chi connectivity index (χ3v) is 5.98. The quantitative estimate of drug-likeness (QED) is 0.510. The maximum atomic E-state index is 2.51. The normalized spacial score (nSPS) is 22.7. The Hall–Kier alpha value is 0. The molecule has 0 N–H and O–H groups in total. The van der Waals surface area contributed by atoms with E-state index in [1.807, 2.05) is 0 Å². The van der Waals surface area contributed by atoms with Crippen LogP contribution >= 0.6 is 0 Å². The van der Waals surface area contributed by atoms with Gasteiger partial charge in [-0.25, -0.2) is 0 Å². The molecule has 0 spiro atoms. The topological polar surface area (TPSA) is 0 Å². The monoisotopic (exact) mass is 252 g/mol. The smallest absolute Gasteiger partial charge is 0.0285 e. The van der Waals surface area contributed by atoms with Crippen molar-refractivity contribution in [3.05, 3.63) is 0 Å². The van der Waals surface area contributed by atoms with Crippen molar-refractivity contribution < 1.29 is 0 Å². The third-order valence-electron chi connectivity index (χ3n) is 5.98. The van der Waals surface area contributed by atoms with E-state index in [2.05, 4.69) is 55.4 Å². The molecule has 0 atom stereocenters. The van der Waals surface area contributed by atoms with Crippen LogP contribution in [0.1, 0.15) is 93.9 Å². The Balaban J connectivity index is 2.76. The van der Waals surface area contributed by atoms with Crippen molar-refractivity contribution in [3.63, 3.8) is 0 Å². The first-order valence-corrected chi connectivity index (χ1v) is 7.99.